The maximum atomic E-state index is 12.1. The number of rotatable bonds is 4. The number of benzene rings is 1. The number of halogens is 2. The minimum atomic E-state index is -0.429. The average molecular weight is 502 g/mol. The van der Waals surface area contributed by atoms with Crippen LogP contribution in [-0.4, -0.2) is 30.3 Å². The van der Waals surface area contributed by atoms with Crippen LogP contribution in [0.25, 0.3) is 0 Å². The van der Waals surface area contributed by atoms with Gasteiger partial charge in [-0.15, -0.1) is 0 Å². The van der Waals surface area contributed by atoms with E-state index in [0.29, 0.717) is 16.2 Å². The van der Waals surface area contributed by atoms with Crippen LogP contribution in [0.5, 0.6) is 5.75 Å². The quantitative estimate of drug-likeness (QED) is 0.491. The summed E-state index contributed by atoms with van der Waals surface area (Å²) in [5.74, 6) is -0.409. The molecule has 3 N–H and O–H groups in total. The van der Waals surface area contributed by atoms with Gasteiger partial charge in [-0.2, -0.15) is 0 Å². The molecule has 1 aromatic carbocycles. The van der Waals surface area contributed by atoms with Crippen LogP contribution in [0.15, 0.2) is 12.1 Å². The van der Waals surface area contributed by atoms with Crippen molar-refractivity contribution in [3.8, 4) is 5.75 Å². The van der Waals surface area contributed by atoms with E-state index in [2.05, 4.69) is 5.32 Å². The lowest BCUT2D eigenvalue weighted by Crippen LogP contribution is -2.91. The fourth-order valence-electron chi connectivity index (χ4n) is 2.39. The van der Waals surface area contributed by atoms with E-state index in [0.717, 1.165) is 9.99 Å². The van der Waals surface area contributed by atoms with Crippen LogP contribution in [0.2, 0.25) is 0 Å². The largest absolute Gasteiger partial charge is 0.506 e. The standard InChI is InChI=1S/C14H17I2NO3/c15-10-4-5-11(16)13(18)12(10)14(19)20-8-6-9-3-1-2-7-17-9/h4-5,9,17-18H,1-3,6-8H2/p+1. The molecule has 1 fully saturated rings. The van der Waals surface area contributed by atoms with E-state index in [1.807, 2.05) is 51.2 Å². The molecule has 0 aliphatic carbocycles. The molecule has 1 aliphatic heterocycles. The van der Waals surface area contributed by atoms with Gasteiger partial charge in [-0.1, -0.05) is 0 Å². The van der Waals surface area contributed by atoms with E-state index in [4.69, 9.17) is 4.74 Å². The summed E-state index contributed by atoms with van der Waals surface area (Å²) < 4.78 is 6.70. The zero-order valence-electron chi connectivity index (χ0n) is 11.1. The van der Waals surface area contributed by atoms with Crippen molar-refractivity contribution in [2.24, 2.45) is 0 Å². The van der Waals surface area contributed by atoms with E-state index >= 15 is 0 Å². The molecule has 0 radical (unpaired) electrons. The third-order valence-electron chi connectivity index (χ3n) is 3.53. The van der Waals surface area contributed by atoms with Crippen LogP contribution in [0.1, 0.15) is 36.0 Å². The minimum absolute atomic E-state index is 0.0201. The number of quaternary nitrogens is 1. The predicted octanol–water partition coefficient (Wildman–Crippen LogP) is 2.26. The molecule has 2 rings (SSSR count). The monoisotopic (exact) mass is 502 g/mol. The van der Waals surface area contributed by atoms with Gasteiger partial charge in [0.05, 0.1) is 22.8 Å². The number of phenolic OH excluding ortho intramolecular Hbond substituents is 1. The first-order valence-electron chi connectivity index (χ1n) is 6.77. The Hall–Kier alpha value is -0.0900. The Bertz CT molecular complexity index is 488. The van der Waals surface area contributed by atoms with Crippen molar-refractivity contribution in [2.75, 3.05) is 13.2 Å². The van der Waals surface area contributed by atoms with Gasteiger partial charge in [-0.05, 0) is 76.6 Å². The second-order valence-electron chi connectivity index (χ2n) is 4.96. The van der Waals surface area contributed by atoms with Gasteiger partial charge in [0.25, 0.3) is 0 Å². The summed E-state index contributed by atoms with van der Waals surface area (Å²) in [6.45, 7) is 1.59. The first-order valence-corrected chi connectivity index (χ1v) is 8.92. The summed E-state index contributed by atoms with van der Waals surface area (Å²) in [7, 11) is 0. The Balaban J connectivity index is 1.90. The molecule has 1 aromatic rings. The number of nitrogens with two attached hydrogens (primary N) is 1. The normalized spacial score (nSPS) is 18.8. The third kappa shape index (κ3) is 4.20. The molecule has 0 saturated carbocycles. The Morgan fingerprint density at radius 3 is 2.80 bits per heavy atom. The Kier molecular flexibility index (Phi) is 6.34. The highest BCUT2D eigenvalue weighted by molar-refractivity contribution is 14.1. The molecule has 0 spiro atoms. The smallest absolute Gasteiger partial charge is 0.343 e. The molecule has 1 aliphatic rings. The van der Waals surface area contributed by atoms with Crippen molar-refractivity contribution in [1.82, 2.24) is 0 Å². The molecular weight excluding hydrogens is 484 g/mol. The molecule has 0 amide bonds. The van der Waals surface area contributed by atoms with Gasteiger partial charge in [-0.3, -0.25) is 0 Å². The minimum Gasteiger partial charge on any atom is -0.506 e. The van der Waals surface area contributed by atoms with Crippen LogP contribution in [0.3, 0.4) is 0 Å². The summed E-state index contributed by atoms with van der Waals surface area (Å²) in [6, 6.07) is 4.17. The van der Waals surface area contributed by atoms with Gasteiger partial charge < -0.3 is 15.2 Å². The Morgan fingerprint density at radius 2 is 2.10 bits per heavy atom. The molecule has 1 unspecified atom stereocenters. The molecule has 0 aromatic heterocycles. The molecule has 1 saturated heterocycles. The highest BCUT2D eigenvalue weighted by Crippen LogP contribution is 2.29. The van der Waals surface area contributed by atoms with Crippen molar-refractivity contribution in [2.45, 2.75) is 31.7 Å². The van der Waals surface area contributed by atoms with Crippen LogP contribution in [0, 0.1) is 7.14 Å². The Labute approximate surface area is 145 Å². The SMILES string of the molecule is O=C(OCCC1CCCC[NH2+]1)c1c(I)ccc(I)c1O. The molecule has 0 bridgehead atoms. The second-order valence-corrected chi connectivity index (χ2v) is 7.28. The molecule has 1 atom stereocenters. The predicted molar refractivity (Wildman–Crippen MR) is 92.9 cm³/mol. The van der Waals surface area contributed by atoms with Crippen LogP contribution >= 0.6 is 45.2 Å². The first kappa shape index (κ1) is 16.3. The number of carbonyl (C=O) groups excluding carboxylic acids is 1. The molecule has 110 valence electrons. The van der Waals surface area contributed by atoms with Crippen molar-refractivity contribution < 1.29 is 20.0 Å². The zero-order chi connectivity index (χ0) is 14.5. The van der Waals surface area contributed by atoms with E-state index in [-0.39, 0.29) is 11.3 Å². The van der Waals surface area contributed by atoms with Gasteiger partial charge in [0.2, 0.25) is 0 Å². The van der Waals surface area contributed by atoms with Crippen molar-refractivity contribution >= 4 is 51.2 Å². The number of esters is 1. The molecule has 1 heterocycles. The summed E-state index contributed by atoms with van der Waals surface area (Å²) in [4.78, 5) is 12.1. The highest BCUT2D eigenvalue weighted by Gasteiger charge is 2.21. The molecular formula is C14H18I2NO3+. The summed E-state index contributed by atoms with van der Waals surface area (Å²) >= 11 is 4.05. The van der Waals surface area contributed by atoms with Crippen LogP contribution < -0.4 is 5.32 Å². The Morgan fingerprint density at radius 1 is 1.35 bits per heavy atom. The summed E-state index contributed by atoms with van der Waals surface area (Å²) in [5.41, 5.74) is 0.283. The maximum Gasteiger partial charge on any atom is 0.343 e. The highest BCUT2D eigenvalue weighted by atomic mass is 127. The number of aromatic hydroxyl groups is 1. The van der Waals surface area contributed by atoms with E-state index in [1.165, 1.54) is 25.8 Å². The van der Waals surface area contributed by atoms with Gasteiger partial charge in [0.15, 0.2) is 0 Å². The number of ether oxygens (including phenoxy) is 1. The van der Waals surface area contributed by atoms with Crippen molar-refractivity contribution in [3.63, 3.8) is 0 Å². The lowest BCUT2D eigenvalue weighted by Gasteiger charge is -2.19. The topological polar surface area (TPSA) is 63.1 Å². The lowest BCUT2D eigenvalue weighted by atomic mass is 10.0. The van der Waals surface area contributed by atoms with E-state index in [1.54, 1.807) is 6.07 Å². The third-order valence-corrected chi connectivity index (χ3v) is 5.30. The van der Waals surface area contributed by atoms with Crippen LogP contribution in [0.4, 0.5) is 0 Å². The zero-order valence-corrected chi connectivity index (χ0v) is 15.4. The number of carbonyl (C=O) groups is 1. The average Bonchev–Trinajstić information content (AvgIpc) is 2.44. The van der Waals surface area contributed by atoms with Gasteiger partial charge >= 0.3 is 5.97 Å². The maximum absolute atomic E-state index is 12.1. The van der Waals surface area contributed by atoms with Crippen LogP contribution in [-0.2, 0) is 4.74 Å². The molecule has 4 nitrogen and oxygen atoms in total. The second kappa shape index (κ2) is 7.79. The fraction of sp³-hybridized carbons (Fsp3) is 0.500. The lowest BCUT2D eigenvalue weighted by molar-refractivity contribution is -0.698. The van der Waals surface area contributed by atoms with Gasteiger partial charge in [-0.25, -0.2) is 4.79 Å². The molecule has 20 heavy (non-hydrogen) atoms. The van der Waals surface area contributed by atoms with Crippen molar-refractivity contribution in [3.05, 3.63) is 24.8 Å². The number of piperidine rings is 1. The first-order chi connectivity index (χ1) is 9.59. The van der Waals surface area contributed by atoms with Crippen molar-refractivity contribution in [1.29, 1.82) is 0 Å². The van der Waals surface area contributed by atoms with E-state index in [9.17, 15) is 9.90 Å². The number of phenols is 1. The van der Waals surface area contributed by atoms with Gasteiger partial charge in [0.1, 0.15) is 11.3 Å². The fourth-order valence-corrected chi connectivity index (χ4v) is 3.50. The van der Waals surface area contributed by atoms with E-state index < -0.39 is 5.97 Å². The van der Waals surface area contributed by atoms with Gasteiger partial charge in [0, 0.05) is 9.99 Å². The summed E-state index contributed by atoms with van der Waals surface area (Å²) in [6.07, 6.45) is 4.63. The summed E-state index contributed by atoms with van der Waals surface area (Å²) in [5, 5.41) is 12.3. The number of hydrogen-bond donors (Lipinski definition) is 2. The molecule has 6 heteroatoms. The number of hydrogen-bond acceptors (Lipinski definition) is 3.